The van der Waals surface area contributed by atoms with Gasteiger partial charge < -0.3 is 9.90 Å². The number of hydrogen-bond acceptors (Lipinski definition) is 3. The summed E-state index contributed by atoms with van der Waals surface area (Å²) in [6.07, 6.45) is 1.83. The molecule has 0 aliphatic heterocycles. The molecule has 1 fully saturated rings. The summed E-state index contributed by atoms with van der Waals surface area (Å²) >= 11 is 0. The van der Waals surface area contributed by atoms with Crippen molar-refractivity contribution in [3.63, 3.8) is 0 Å². The number of nitrogens with zero attached hydrogens (tertiary/aromatic N) is 2. The minimum atomic E-state index is -3.42. The molecule has 0 aromatic carbocycles. The summed E-state index contributed by atoms with van der Waals surface area (Å²) in [5, 5.41) is 13.8. The Hall–Kier alpha value is -1.29. The van der Waals surface area contributed by atoms with Gasteiger partial charge in [-0.15, -0.1) is 0 Å². The molecule has 1 aliphatic carbocycles. The lowest BCUT2D eigenvalue weighted by Crippen LogP contribution is -2.36. The number of rotatable bonds is 2. The van der Waals surface area contributed by atoms with Crippen LogP contribution in [0.15, 0.2) is 0 Å². The molecular formula is C10H15F3N2O2. The molecule has 17 heavy (non-hydrogen) atoms. The van der Waals surface area contributed by atoms with Gasteiger partial charge in [0, 0.05) is 25.2 Å². The highest BCUT2D eigenvalue weighted by Gasteiger charge is 2.45. The van der Waals surface area contributed by atoms with Crippen molar-refractivity contribution < 1.29 is 28.5 Å². The number of halogens is 3. The van der Waals surface area contributed by atoms with Gasteiger partial charge in [0.15, 0.2) is 0 Å². The smallest absolute Gasteiger partial charge is 0.247 e. The van der Waals surface area contributed by atoms with Crippen molar-refractivity contribution in [3.05, 3.63) is 0 Å². The van der Waals surface area contributed by atoms with Crippen molar-refractivity contribution in [2.45, 2.75) is 45.1 Å². The zero-order chi connectivity index (χ0) is 13.5. The topological polar surface area (TPSA) is 63.9 Å². The summed E-state index contributed by atoms with van der Waals surface area (Å²) in [6.45, 7) is 0.972. The van der Waals surface area contributed by atoms with Crippen LogP contribution in [-0.2, 0) is 4.79 Å². The summed E-state index contributed by atoms with van der Waals surface area (Å²) in [4.78, 5) is 8.89. The number of carbonyl (C=O) groups is 1. The van der Waals surface area contributed by atoms with Crippen LogP contribution in [0.4, 0.5) is 13.4 Å². The van der Waals surface area contributed by atoms with Crippen LogP contribution in [0.5, 0.6) is 0 Å². The normalized spacial score (nSPS) is 24.2. The monoisotopic (exact) mass is 252 g/mol. The summed E-state index contributed by atoms with van der Waals surface area (Å²) in [5.41, 5.74) is 0. The third-order valence-electron chi connectivity index (χ3n) is 2.61. The van der Waals surface area contributed by atoms with Crippen LogP contribution in [0.25, 0.3) is 0 Å². The highest BCUT2D eigenvalue weighted by atomic mass is 19.6. The van der Waals surface area contributed by atoms with Crippen molar-refractivity contribution in [3.8, 4) is 6.07 Å². The van der Waals surface area contributed by atoms with Crippen LogP contribution in [0.2, 0.25) is 0 Å². The largest absolute Gasteiger partial charge is 0.550 e. The van der Waals surface area contributed by atoms with Crippen LogP contribution >= 0.6 is 0 Å². The van der Waals surface area contributed by atoms with E-state index >= 15 is 0 Å². The molecule has 0 heterocycles. The first kappa shape index (κ1) is 15.7. The molecule has 1 aliphatic rings. The number of carboxylic acid groups (broad SMARTS) is 1. The van der Waals surface area contributed by atoms with Gasteiger partial charge in [-0.25, -0.2) is 0 Å². The lowest BCUT2D eigenvalue weighted by molar-refractivity contribution is -1.28. The van der Waals surface area contributed by atoms with E-state index in [4.69, 9.17) is 15.2 Å². The Labute approximate surface area is 97.6 Å². The highest BCUT2D eigenvalue weighted by molar-refractivity contribution is 5.60. The fraction of sp³-hybridized carbons (Fsp3) is 0.800. The predicted octanol–water partition coefficient (Wildman–Crippen LogP) is 1.69. The predicted molar refractivity (Wildman–Crippen MR) is 50.2 cm³/mol. The Morgan fingerprint density at radius 1 is 1.35 bits per heavy atom. The first-order valence-electron chi connectivity index (χ1n) is 5.29. The second-order valence-corrected chi connectivity index (χ2v) is 4.01. The van der Waals surface area contributed by atoms with Crippen LogP contribution in [0, 0.1) is 17.2 Å². The van der Waals surface area contributed by atoms with Gasteiger partial charge in [0.2, 0.25) is 11.2 Å². The molecule has 7 heteroatoms. The van der Waals surface area contributed by atoms with Gasteiger partial charge in [0.1, 0.15) is 0 Å². The number of carboxylic acids is 1. The quantitative estimate of drug-likeness (QED) is 0.702. The van der Waals surface area contributed by atoms with Crippen molar-refractivity contribution in [2.24, 2.45) is 5.92 Å². The third-order valence-corrected chi connectivity index (χ3v) is 2.61. The van der Waals surface area contributed by atoms with Crippen LogP contribution in [0.3, 0.4) is 0 Å². The average Bonchev–Trinajstić information content (AvgIpc) is 2.16. The molecule has 0 aromatic heterocycles. The van der Waals surface area contributed by atoms with Gasteiger partial charge in [-0.1, -0.05) is 0 Å². The lowest BCUT2D eigenvalue weighted by Gasteiger charge is -2.24. The number of quaternary nitrogens is 1. The maximum atomic E-state index is 12.1. The Balaban J connectivity index is 0.000000557. The number of hydrogen-bond donors (Lipinski definition) is 0. The molecule has 0 aromatic rings. The average molecular weight is 252 g/mol. The molecule has 0 radical (unpaired) electrons. The van der Waals surface area contributed by atoms with E-state index in [1.807, 2.05) is 6.07 Å². The molecule has 0 amide bonds. The van der Waals surface area contributed by atoms with Crippen molar-refractivity contribution in [1.29, 1.82) is 5.26 Å². The van der Waals surface area contributed by atoms with E-state index in [2.05, 4.69) is 0 Å². The molecule has 0 bridgehead atoms. The van der Waals surface area contributed by atoms with E-state index in [0.717, 1.165) is 6.92 Å². The molecule has 1 saturated carbocycles. The van der Waals surface area contributed by atoms with Gasteiger partial charge in [-0.2, -0.15) is 5.26 Å². The number of carbonyl (C=O) groups excluding carboxylic acids is 1. The first-order chi connectivity index (χ1) is 7.77. The van der Waals surface area contributed by atoms with Crippen LogP contribution < -0.4 is 5.11 Å². The van der Waals surface area contributed by atoms with Crippen molar-refractivity contribution >= 4 is 5.97 Å². The maximum absolute atomic E-state index is 12.1. The van der Waals surface area contributed by atoms with Crippen molar-refractivity contribution in [2.75, 3.05) is 0 Å². The second-order valence-electron chi connectivity index (χ2n) is 4.01. The highest BCUT2D eigenvalue weighted by Crippen LogP contribution is 2.34. The van der Waals surface area contributed by atoms with Crippen LogP contribution in [-0.4, -0.2) is 17.2 Å². The van der Waals surface area contributed by atoms with E-state index in [9.17, 15) is 13.4 Å². The minimum Gasteiger partial charge on any atom is -0.550 e. The molecule has 98 valence electrons. The lowest BCUT2D eigenvalue weighted by atomic mass is 9.85. The van der Waals surface area contributed by atoms with Gasteiger partial charge in [-0.3, -0.25) is 0 Å². The zero-order valence-electron chi connectivity index (χ0n) is 9.54. The van der Waals surface area contributed by atoms with Gasteiger partial charge in [0.05, 0.1) is 19.5 Å². The molecule has 0 atom stereocenters. The summed E-state index contributed by atoms with van der Waals surface area (Å²) in [7, 11) is 0. The SMILES string of the molecule is CC(=O)[O-].N#CC[C@H]1CC[C@H]([N+](F)(F)F)CC1. The van der Waals surface area contributed by atoms with Gasteiger partial charge in [0.25, 0.3) is 0 Å². The van der Waals surface area contributed by atoms with E-state index in [-0.39, 0.29) is 18.8 Å². The molecular weight excluding hydrogens is 237 g/mol. The van der Waals surface area contributed by atoms with E-state index < -0.39 is 17.2 Å². The standard InChI is InChI=1S/C8H12F3N2.C2H4O2/c9-13(10,11)8-3-1-7(2-4-8)5-6-12;1-2(3)4/h7-8H,1-5H2;1H3,(H,3,4)/q+1;/p-1/t7-,8-;. The number of aliphatic carboxylic acids is 1. The molecule has 0 spiro atoms. The molecule has 0 unspecified atom stereocenters. The summed E-state index contributed by atoms with van der Waals surface area (Å²) in [6, 6.07) is 0.819. The van der Waals surface area contributed by atoms with Crippen molar-refractivity contribution in [1.82, 2.24) is 0 Å². The van der Waals surface area contributed by atoms with Crippen LogP contribution in [0.1, 0.15) is 39.0 Å². The Morgan fingerprint density at radius 2 is 1.76 bits per heavy atom. The Morgan fingerprint density at radius 3 is 2.06 bits per heavy atom. The zero-order valence-corrected chi connectivity index (χ0v) is 9.54. The fourth-order valence-corrected chi connectivity index (χ4v) is 1.77. The van der Waals surface area contributed by atoms with Gasteiger partial charge >= 0.3 is 0 Å². The molecule has 1 rings (SSSR count). The Kier molecular flexibility index (Phi) is 6.58. The maximum Gasteiger partial charge on any atom is 0.247 e. The minimum absolute atomic E-state index is 0.176. The fourth-order valence-electron chi connectivity index (χ4n) is 1.77. The van der Waals surface area contributed by atoms with E-state index in [1.54, 1.807) is 0 Å². The summed E-state index contributed by atoms with van der Waals surface area (Å²) in [5.74, 6) is -0.896. The molecule has 0 saturated heterocycles. The molecule has 4 nitrogen and oxygen atoms in total. The van der Waals surface area contributed by atoms with E-state index in [0.29, 0.717) is 19.3 Å². The van der Waals surface area contributed by atoms with Gasteiger partial charge in [-0.05, 0) is 25.7 Å². The van der Waals surface area contributed by atoms with E-state index in [1.165, 1.54) is 0 Å². The summed E-state index contributed by atoms with van der Waals surface area (Å²) < 4.78 is 36.4. The second kappa shape index (κ2) is 7.12. The molecule has 0 N–H and O–H groups in total. The number of nitriles is 1. The third kappa shape index (κ3) is 7.58. The first-order valence-corrected chi connectivity index (χ1v) is 5.29. The Bertz CT molecular complexity index is 274.